The van der Waals surface area contributed by atoms with E-state index in [2.05, 4.69) is 21.2 Å². The molecule has 0 aliphatic rings. The van der Waals surface area contributed by atoms with Crippen LogP contribution in [0.25, 0.3) is 0 Å². The predicted octanol–water partition coefficient (Wildman–Crippen LogP) is 4.66. The van der Waals surface area contributed by atoms with E-state index in [1.165, 1.54) is 36.4 Å². The molecule has 0 radical (unpaired) electrons. The van der Waals surface area contributed by atoms with Crippen molar-refractivity contribution in [3.05, 3.63) is 100 Å². The summed E-state index contributed by atoms with van der Waals surface area (Å²) in [6, 6.07) is 20.7. The quantitative estimate of drug-likeness (QED) is 0.485. The lowest BCUT2D eigenvalue weighted by molar-refractivity contribution is -0.122. The van der Waals surface area contributed by atoms with Crippen molar-refractivity contribution in [2.24, 2.45) is 0 Å². The van der Waals surface area contributed by atoms with E-state index in [1.54, 1.807) is 18.2 Å². The second kappa shape index (κ2) is 10.2. The third-order valence-corrected chi connectivity index (χ3v) is 7.00. The van der Waals surface area contributed by atoms with Gasteiger partial charge in [0.25, 0.3) is 0 Å². The van der Waals surface area contributed by atoms with Gasteiger partial charge in [0, 0.05) is 11.0 Å². The molecule has 8 heteroatoms. The SMILES string of the molecule is C[C@@H](NC(=O)CN(Cc1ccc(F)cc1)S(=O)(=O)c1ccccc1)c1cccc(Br)c1. The van der Waals surface area contributed by atoms with Gasteiger partial charge < -0.3 is 5.32 Å². The minimum atomic E-state index is -3.94. The molecule has 1 N–H and O–H groups in total. The lowest BCUT2D eigenvalue weighted by Gasteiger charge is -2.23. The van der Waals surface area contributed by atoms with Gasteiger partial charge in [-0.3, -0.25) is 4.79 Å². The third kappa shape index (κ3) is 6.22. The topological polar surface area (TPSA) is 66.5 Å². The third-order valence-electron chi connectivity index (χ3n) is 4.70. The van der Waals surface area contributed by atoms with Gasteiger partial charge in [0.05, 0.1) is 17.5 Å². The zero-order valence-corrected chi connectivity index (χ0v) is 19.2. The molecule has 3 aromatic carbocycles. The van der Waals surface area contributed by atoms with Crippen LogP contribution in [0.15, 0.2) is 88.2 Å². The summed E-state index contributed by atoms with van der Waals surface area (Å²) >= 11 is 3.40. The Balaban J connectivity index is 1.82. The zero-order chi connectivity index (χ0) is 22.4. The van der Waals surface area contributed by atoms with Gasteiger partial charge in [-0.05, 0) is 54.4 Å². The fourth-order valence-corrected chi connectivity index (χ4v) is 4.89. The summed E-state index contributed by atoms with van der Waals surface area (Å²) in [7, 11) is -3.94. The van der Waals surface area contributed by atoms with Crippen molar-refractivity contribution in [3.63, 3.8) is 0 Å². The monoisotopic (exact) mass is 504 g/mol. The molecule has 0 aliphatic carbocycles. The summed E-state index contributed by atoms with van der Waals surface area (Å²) in [6.45, 7) is 1.40. The lowest BCUT2D eigenvalue weighted by Crippen LogP contribution is -2.41. The average Bonchev–Trinajstić information content (AvgIpc) is 2.75. The fourth-order valence-electron chi connectivity index (χ4n) is 3.07. The van der Waals surface area contributed by atoms with Crippen LogP contribution in [0.2, 0.25) is 0 Å². The Morgan fingerprint density at radius 3 is 2.35 bits per heavy atom. The molecule has 0 fully saturated rings. The molecule has 3 rings (SSSR count). The fraction of sp³-hybridized carbons (Fsp3) is 0.174. The molecular weight excluding hydrogens is 483 g/mol. The van der Waals surface area contributed by atoms with Crippen LogP contribution in [0.5, 0.6) is 0 Å². The summed E-state index contributed by atoms with van der Waals surface area (Å²) in [4.78, 5) is 12.8. The van der Waals surface area contributed by atoms with Gasteiger partial charge in [-0.15, -0.1) is 0 Å². The Morgan fingerprint density at radius 1 is 1.03 bits per heavy atom. The van der Waals surface area contributed by atoms with Crippen molar-refractivity contribution in [3.8, 4) is 0 Å². The average molecular weight is 505 g/mol. The van der Waals surface area contributed by atoms with Crippen molar-refractivity contribution in [1.82, 2.24) is 9.62 Å². The first-order valence-electron chi connectivity index (χ1n) is 9.60. The van der Waals surface area contributed by atoms with Gasteiger partial charge in [0.15, 0.2) is 0 Å². The molecule has 1 amide bonds. The number of carbonyl (C=O) groups is 1. The van der Waals surface area contributed by atoms with Crippen LogP contribution in [-0.2, 0) is 21.4 Å². The van der Waals surface area contributed by atoms with Crippen LogP contribution < -0.4 is 5.32 Å². The number of hydrogen-bond acceptors (Lipinski definition) is 3. The first-order chi connectivity index (χ1) is 14.8. The molecule has 0 aliphatic heterocycles. The zero-order valence-electron chi connectivity index (χ0n) is 16.8. The number of carbonyl (C=O) groups excluding carboxylic acids is 1. The minimum absolute atomic E-state index is 0.0593. The molecule has 0 saturated heterocycles. The van der Waals surface area contributed by atoms with Crippen LogP contribution in [0.1, 0.15) is 24.1 Å². The van der Waals surface area contributed by atoms with E-state index in [1.807, 2.05) is 31.2 Å². The first kappa shape index (κ1) is 23.1. The molecule has 0 saturated carbocycles. The highest BCUT2D eigenvalue weighted by molar-refractivity contribution is 9.10. The Kier molecular flexibility index (Phi) is 7.59. The number of benzene rings is 3. The van der Waals surface area contributed by atoms with Gasteiger partial charge in [-0.25, -0.2) is 12.8 Å². The van der Waals surface area contributed by atoms with Crippen molar-refractivity contribution in [1.29, 1.82) is 0 Å². The standard InChI is InChI=1S/C23H22BrFN2O3S/c1-17(19-6-5-7-20(24)14-19)26-23(28)16-27(15-18-10-12-21(25)13-11-18)31(29,30)22-8-3-2-4-9-22/h2-14,17H,15-16H2,1H3,(H,26,28)/t17-/m1/s1. The lowest BCUT2D eigenvalue weighted by atomic mass is 10.1. The molecule has 0 heterocycles. The van der Waals surface area contributed by atoms with Crippen molar-refractivity contribution >= 4 is 31.9 Å². The number of amides is 1. The summed E-state index contributed by atoms with van der Waals surface area (Å²) in [5, 5.41) is 2.85. The van der Waals surface area contributed by atoms with Gasteiger partial charge in [0.1, 0.15) is 5.82 Å². The van der Waals surface area contributed by atoms with E-state index in [4.69, 9.17) is 0 Å². The second-order valence-electron chi connectivity index (χ2n) is 7.06. The van der Waals surface area contributed by atoms with Gasteiger partial charge in [0.2, 0.25) is 15.9 Å². The van der Waals surface area contributed by atoms with Gasteiger partial charge in [-0.1, -0.05) is 58.4 Å². The van der Waals surface area contributed by atoms with Crippen LogP contribution in [0, 0.1) is 5.82 Å². The van der Waals surface area contributed by atoms with Gasteiger partial charge >= 0.3 is 0 Å². The number of nitrogens with zero attached hydrogens (tertiary/aromatic N) is 1. The number of rotatable bonds is 8. The molecule has 0 spiro atoms. The largest absolute Gasteiger partial charge is 0.348 e. The molecule has 0 aromatic heterocycles. The maximum Gasteiger partial charge on any atom is 0.243 e. The number of nitrogens with one attached hydrogen (secondary N) is 1. The van der Waals surface area contributed by atoms with Crippen LogP contribution in [0.3, 0.4) is 0 Å². The van der Waals surface area contributed by atoms with Crippen LogP contribution in [0.4, 0.5) is 4.39 Å². The van der Waals surface area contributed by atoms with Gasteiger partial charge in [-0.2, -0.15) is 4.31 Å². The first-order valence-corrected chi connectivity index (χ1v) is 11.8. The molecule has 3 aromatic rings. The smallest absolute Gasteiger partial charge is 0.243 e. The highest BCUT2D eigenvalue weighted by Gasteiger charge is 2.27. The van der Waals surface area contributed by atoms with E-state index in [0.717, 1.165) is 14.3 Å². The normalized spacial score (nSPS) is 12.5. The molecule has 0 unspecified atom stereocenters. The summed E-state index contributed by atoms with van der Waals surface area (Å²) in [5.74, 6) is -0.851. The Bertz CT molecular complexity index is 1140. The number of hydrogen-bond donors (Lipinski definition) is 1. The van der Waals surface area contributed by atoms with Crippen LogP contribution >= 0.6 is 15.9 Å². The van der Waals surface area contributed by atoms with Crippen molar-refractivity contribution in [2.45, 2.75) is 24.4 Å². The predicted molar refractivity (Wildman–Crippen MR) is 121 cm³/mol. The van der Waals surface area contributed by atoms with E-state index >= 15 is 0 Å². The van der Waals surface area contributed by atoms with Crippen molar-refractivity contribution < 1.29 is 17.6 Å². The number of halogens is 2. The molecule has 162 valence electrons. The van der Waals surface area contributed by atoms with Crippen LogP contribution in [-0.4, -0.2) is 25.2 Å². The van der Waals surface area contributed by atoms with Crippen molar-refractivity contribution in [2.75, 3.05) is 6.54 Å². The molecular formula is C23H22BrFN2O3S. The maximum atomic E-state index is 13.3. The van der Waals surface area contributed by atoms with E-state index in [-0.39, 0.29) is 24.0 Å². The van der Waals surface area contributed by atoms with E-state index < -0.39 is 21.7 Å². The minimum Gasteiger partial charge on any atom is -0.348 e. The second-order valence-corrected chi connectivity index (χ2v) is 9.91. The summed E-state index contributed by atoms with van der Waals surface area (Å²) in [6.07, 6.45) is 0. The summed E-state index contributed by atoms with van der Waals surface area (Å²) in [5.41, 5.74) is 1.47. The highest BCUT2D eigenvalue weighted by atomic mass is 79.9. The highest BCUT2D eigenvalue weighted by Crippen LogP contribution is 2.20. The van der Waals surface area contributed by atoms with E-state index in [0.29, 0.717) is 5.56 Å². The molecule has 1 atom stereocenters. The summed E-state index contributed by atoms with van der Waals surface area (Å²) < 4.78 is 41.7. The number of sulfonamides is 1. The molecule has 31 heavy (non-hydrogen) atoms. The molecule has 5 nitrogen and oxygen atoms in total. The maximum absolute atomic E-state index is 13.3. The molecule has 0 bridgehead atoms. The Morgan fingerprint density at radius 2 is 1.71 bits per heavy atom. The van der Waals surface area contributed by atoms with E-state index in [9.17, 15) is 17.6 Å². The Labute approximate surface area is 190 Å². The Hall–Kier alpha value is -2.55.